The Bertz CT molecular complexity index is 751. The minimum absolute atomic E-state index is 0.101. The number of nitrogens with one attached hydrogen (secondary N) is 1. The van der Waals surface area contributed by atoms with Gasteiger partial charge in [-0.15, -0.1) is 0 Å². The van der Waals surface area contributed by atoms with Crippen LogP contribution < -0.4 is 5.32 Å². The molecule has 0 saturated carbocycles. The normalized spacial score (nSPS) is 9.70. The molecule has 0 saturated heterocycles. The molecule has 116 valence electrons. The zero-order valence-corrected chi connectivity index (χ0v) is 12.2. The predicted molar refractivity (Wildman–Crippen MR) is 82.7 cm³/mol. The van der Waals surface area contributed by atoms with Gasteiger partial charge in [-0.1, -0.05) is 36.4 Å². The molecule has 0 radical (unpaired) electrons. The number of carboxylic acids is 1. The summed E-state index contributed by atoms with van der Waals surface area (Å²) in [5.41, 5.74) is 1.78. The Balaban J connectivity index is 2.04. The van der Waals surface area contributed by atoms with Crippen molar-refractivity contribution in [1.29, 1.82) is 5.26 Å². The largest absolute Gasteiger partial charge is 0.481 e. The lowest BCUT2D eigenvalue weighted by Crippen LogP contribution is -2.15. The van der Waals surface area contributed by atoms with Gasteiger partial charge in [0.1, 0.15) is 12.7 Å². The SMILES string of the molecule is N#Cc1ccc(CC(=O)O)cc1NC(=O)OCc1ccccc1. The van der Waals surface area contributed by atoms with E-state index in [0.29, 0.717) is 5.56 Å². The van der Waals surface area contributed by atoms with Crippen LogP contribution in [0.5, 0.6) is 0 Å². The minimum atomic E-state index is -0.993. The molecule has 2 N–H and O–H groups in total. The molecule has 2 aromatic carbocycles. The summed E-state index contributed by atoms with van der Waals surface area (Å²) in [6.45, 7) is 0.101. The number of rotatable bonds is 5. The van der Waals surface area contributed by atoms with Crippen molar-refractivity contribution >= 4 is 17.7 Å². The molecule has 1 amide bonds. The summed E-state index contributed by atoms with van der Waals surface area (Å²) in [4.78, 5) is 22.6. The highest BCUT2D eigenvalue weighted by Gasteiger charge is 2.10. The number of hydrogen-bond donors (Lipinski definition) is 2. The number of amides is 1. The molecule has 0 aliphatic heterocycles. The quantitative estimate of drug-likeness (QED) is 0.884. The van der Waals surface area contributed by atoms with E-state index in [9.17, 15) is 9.59 Å². The molecule has 0 spiro atoms. The van der Waals surface area contributed by atoms with Gasteiger partial charge in [-0.05, 0) is 23.3 Å². The van der Waals surface area contributed by atoms with Gasteiger partial charge in [0, 0.05) is 0 Å². The molecule has 0 aromatic heterocycles. The number of nitrogens with zero attached hydrogens (tertiary/aromatic N) is 1. The fraction of sp³-hybridized carbons (Fsp3) is 0.118. The Labute approximate surface area is 132 Å². The molecule has 2 aromatic rings. The first-order chi connectivity index (χ1) is 11.1. The fourth-order valence-electron chi connectivity index (χ4n) is 1.95. The predicted octanol–water partition coefficient (Wildman–Crippen LogP) is 2.93. The summed E-state index contributed by atoms with van der Waals surface area (Å²) >= 11 is 0. The lowest BCUT2D eigenvalue weighted by Gasteiger charge is -2.09. The third-order valence-electron chi connectivity index (χ3n) is 3.01. The number of aliphatic carboxylic acids is 1. The third kappa shape index (κ3) is 4.86. The summed E-state index contributed by atoms with van der Waals surface area (Å²) in [6, 6.07) is 15.6. The topological polar surface area (TPSA) is 99.4 Å². The smallest absolute Gasteiger partial charge is 0.411 e. The lowest BCUT2D eigenvalue weighted by atomic mass is 10.1. The lowest BCUT2D eigenvalue weighted by molar-refractivity contribution is -0.136. The number of carboxylic acid groups (broad SMARTS) is 1. The number of carbonyl (C=O) groups excluding carboxylic acids is 1. The first kappa shape index (κ1) is 16.0. The first-order valence-electron chi connectivity index (χ1n) is 6.81. The van der Waals surface area contributed by atoms with E-state index < -0.39 is 12.1 Å². The maximum Gasteiger partial charge on any atom is 0.411 e. The van der Waals surface area contributed by atoms with Crippen LogP contribution in [-0.4, -0.2) is 17.2 Å². The molecule has 0 unspecified atom stereocenters. The molecular formula is C17H14N2O4. The average molecular weight is 310 g/mol. The zero-order valence-electron chi connectivity index (χ0n) is 12.2. The van der Waals surface area contributed by atoms with Crippen LogP contribution in [0, 0.1) is 11.3 Å². The van der Waals surface area contributed by atoms with Crippen molar-refractivity contribution in [1.82, 2.24) is 0 Å². The van der Waals surface area contributed by atoms with Gasteiger partial charge in [-0.3, -0.25) is 10.1 Å². The van der Waals surface area contributed by atoms with E-state index in [0.717, 1.165) is 5.56 Å². The van der Waals surface area contributed by atoms with E-state index in [-0.39, 0.29) is 24.3 Å². The maximum absolute atomic E-state index is 11.8. The highest BCUT2D eigenvalue weighted by molar-refractivity contribution is 5.87. The number of anilines is 1. The standard InChI is InChI=1S/C17H14N2O4/c18-10-14-7-6-13(9-16(20)21)8-15(14)19-17(22)23-11-12-4-2-1-3-5-12/h1-8H,9,11H2,(H,19,22)(H,20,21). The van der Waals surface area contributed by atoms with Crippen molar-refractivity contribution in [3.8, 4) is 6.07 Å². The van der Waals surface area contributed by atoms with E-state index in [1.54, 1.807) is 0 Å². The Morgan fingerprint density at radius 3 is 2.52 bits per heavy atom. The molecule has 2 rings (SSSR count). The van der Waals surface area contributed by atoms with Crippen molar-refractivity contribution in [2.24, 2.45) is 0 Å². The van der Waals surface area contributed by atoms with Crippen LogP contribution in [0.15, 0.2) is 48.5 Å². The Morgan fingerprint density at radius 2 is 1.87 bits per heavy atom. The molecule has 6 heteroatoms. The molecule has 0 bridgehead atoms. The van der Waals surface area contributed by atoms with E-state index in [1.165, 1.54) is 18.2 Å². The second-order valence-corrected chi connectivity index (χ2v) is 4.75. The average Bonchev–Trinajstić information content (AvgIpc) is 2.54. The first-order valence-corrected chi connectivity index (χ1v) is 6.81. The Kier molecular flexibility index (Phi) is 5.31. The maximum atomic E-state index is 11.8. The summed E-state index contributed by atoms with van der Waals surface area (Å²) in [6.07, 6.45) is -0.905. The Hall–Kier alpha value is -3.33. The minimum Gasteiger partial charge on any atom is -0.481 e. The molecule has 23 heavy (non-hydrogen) atoms. The monoisotopic (exact) mass is 310 g/mol. The molecule has 0 fully saturated rings. The molecule has 0 aliphatic carbocycles. The van der Waals surface area contributed by atoms with E-state index in [4.69, 9.17) is 15.1 Å². The Morgan fingerprint density at radius 1 is 1.13 bits per heavy atom. The van der Waals surface area contributed by atoms with Crippen LogP contribution in [0.4, 0.5) is 10.5 Å². The van der Waals surface area contributed by atoms with Crippen LogP contribution in [0.2, 0.25) is 0 Å². The number of nitriles is 1. The molecule has 0 atom stereocenters. The van der Waals surface area contributed by atoms with Crippen LogP contribution in [0.25, 0.3) is 0 Å². The van der Waals surface area contributed by atoms with Crippen molar-refractivity contribution < 1.29 is 19.4 Å². The summed E-state index contributed by atoms with van der Waals surface area (Å²) in [5.74, 6) is -0.993. The van der Waals surface area contributed by atoms with Gasteiger partial charge in [-0.2, -0.15) is 5.26 Å². The van der Waals surface area contributed by atoms with Gasteiger partial charge in [0.05, 0.1) is 17.7 Å². The summed E-state index contributed by atoms with van der Waals surface area (Å²) in [7, 11) is 0. The van der Waals surface area contributed by atoms with Crippen LogP contribution >= 0.6 is 0 Å². The van der Waals surface area contributed by atoms with Gasteiger partial charge in [0.2, 0.25) is 0 Å². The van der Waals surface area contributed by atoms with Gasteiger partial charge >= 0.3 is 12.1 Å². The van der Waals surface area contributed by atoms with Crippen molar-refractivity contribution in [3.63, 3.8) is 0 Å². The van der Waals surface area contributed by atoms with Crippen LogP contribution in [0.1, 0.15) is 16.7 Å². The van der Waals surface area contributed by atoms with Gasteiger partial charge in [0.25, 0.3) is 0 Å². The number of ether oxygens (including phenoxy) is 1. The summed E-state index contributed by atoms with van der Waals surface area (Å²) in [5, 5.41) is 20.3. The van der Waals surface area contributed by atoms with Crippen molar-refractivity contribution in [2.45, 2.75) is 13.0 Å². The van der Waals surface area contributed by atoms with Crippen molar-refractivity contribution in [2.75, 3.05) is 5.32 Å². The van der Waals surface area contributed by atoms with E-state index >= 15 is 0 Å². The summed E-state index contributed by atoms with van der Waals surface area (Å²) < 4.78 is 5.08. The highest BCUT2D eigenvalue weighted by atomic mass is 16.5. The molecule has 6 nitrogen and oxygen atoms in total. The van der Waals surface area contributed by atoms with Crippen molar-refractivity contribution in [3.05, 3.63) is 65.2 Å². The highest BCUT2D eigenvalue weighted by Crippen LogP contribution is 2.18. The fourth-order valence-corrected chi connectivity index (χ4v) is 1.95. The third-order valence-corrected chi connectivity index (χ3v) is 3.01. The number of carbonyl (C=O) groups is 2. The number of hydrogen-bond acceptors (Lipinski definition) is 4. The van der Waals surface area contributed by atoms with Gasteiger partial charge < -0.3 is 9.84 Å². The van der Waals surface area contributed by atoms with E-state index in [2.05, 4.69) is 5.32 Å². The second kappa shape index (κ2) is 7.61. The molecule has 0 heterocycles. The molecular weight excluding hydrogens is 296 g/mol. The number of benzene rings is 2. The zero-order chi connectivity index (χ0) is 16.7. The second-order valence-electron chi connectivity index (χ2n) is 4.75. The van der Waals surface area contributed by atoms with Gasteiger partial charge in [0.15, 0.2) is 0 Å². The van der Waals surface area contributed by atoms with Gasteiger partial charge in [-0.25, -0.2) is 4.79 Å². The van der Waals surface area contributed by atoms with E-state index in [1.807, 2.05) is 36.4 Å². The van der Waals surface area contributed by atoms with Crippen LogP contribution in [0.3, 0.4) is 0 Å². The molecule has 0 aliphatic rings. The van der Waals surface area contributed by atoms with Crippen LogP contribution in [-0.2, 0) is 22.6 Å².